The molecule has 1 fully saturated rings. The average molecular weight is 217 g/mol. The van der Waals surface area contributed by atoms with Gasteiger partial charge in [-0.1, -0.05) is 13.8 Å². The van der Waals surface area contributed by atoms with E-state index in [4.69, 9.17) is 9.26 Å². The van der Waals surface area contributed by atoms with Crippen LogP contribution in [0.3, 0.4) is 0 Å². The van der Waals surface area contributed by atoms with E-state index in [0.29, 0.717) is 11.6 Å². The van der Waals surface area contributed by atoms with Gasteiger partial charge in [0.25, 0.3) is 11.8 Å². The van der Waals surface area contributed by atoms with E-state index in [-0.39, 0.29) is 18.8 Å². The number of alkyl halides is 2. The molecule has 15 heavy (non-hydrogen) atoms. The summed E-state index contributed by atoms with van der Waals surface area (Å²) in [5.41, 5.74) is 0. The molecule has 1 heterocycles. The highest BCUT2D eigenvalue weighted by Gasteiger charge is 2.47. The molecule has 0 radical (unpaired) electrons. The number of rotatable bonds is 3. The molecular formula is C10H13F2NO2. The second-order valence-corrected chi connectivity index (χ2v) is 4.23. The van der Waals surface area contributed by atoms with Crippen molar-refractivity contribution in [3.05, 3.63) is 11.8 Å². The monoisotopic (exact) mass is 217 g/mol. The standard InChI is InChI=1S/C10H13F2NO2/c1-6(2)8-3-9(13-15-8)14-7-4-10(11,12)5-7/h3,6-7H,4-5H2,1-2H3. The van der Waals surface area contributed by atoms with Crippen LogP contribution in [0.25, 0.3) is 0 Å². The van der Waals surface area contributed by atoms with Crippen LogP contribution >= 0.6 is 0 Å². The van der Waals surface area contributed by atoms with E-state index in [0.717, 1.165) is 0 Å². The van der Waals surface area contributed by atoms with E-state index < -0.39 is 12.0 Å². The normalized spacial score (nSPS) is 20.3. The van der Waals surface area contributed by atoms with Gasteiger partial charge in [-0.3, -0.25) is 0 Å². The van der Waals surface area contributed by atoms with Crippen molar-refractivity contribution in [3.8, 4) is 5.88 Å². The number of hydrogen-bond acceptors (Lipinski definition) is 3. The molecule has 5 heteroatoms. The van der Waals surface area contributed by atoms with Crippen LogP contribution in [0.2, 0.25) is 0 Å². The number of hydrogen-bond donors (Lipinski definition) is 0. The molecule has 0 N–H and O–H groups in total. The summed E-state index contributed by atoms with van der Waals surface area (Å²) >= 11 is 0. The van der Waals surface area contributed by atoms with E-state index >= 15 is 0 Å². The van der Waals surface area contributed by atoms with Crippen molar-refractivity contribution in [2.45, 2.75) is 44.6 Å². The Labute approximate surface area is 86.4 Å². The second kappa shape index (κ2) is 3.47. The Morgan fingerprint density at radius 1 is 1.53 bits per heavy atom. The predicted octanol–water partition coefficient (Wildman–Crippen LogP) is 2.97. The van der Waals surface area contributed by atoms with Crippen LogP contribution in [0.5, 0.6) is 5.88 Å². The van der Waals surface area contributed by atoms with Gasteiger partial charge in [0.15, 0.2) is 0 Å². The van der Waals surface area contributed by atoms with Gasteiger partial charge in [-0.25, -0.2) is 8.78 Å². The van der Waals surface area contributed by atoms with Crippen molar-refractivity contribution in [3.63, 3.8) is 0 Å². The number of aromatic nitrogens is 1. The van der Waals surface area contributed by atoms with Gasteiger partial charge in [0, 0.05) is 24.8 Å². The van der Waals surface area contributed by atoms with Gasteiger partial charge in [-0.2, -0.15) is 0 Å². The molecule has 1 aromatic heterocycles. The Hall–Kier alpha value is -1.13. The van der Waals surface area contributed by atoms with Crippen molar-refractivity contribution in [1.82, 2.24) is 5.16 Å². The molecule has 0 spiro atoms. The van der Waals surface area contributed by atoms with Crippen LogP contribution in [0.4, 0.5) is 8.78 Å². The zero-order valence-electron chi connectivity index (χ0n) is 8.67. The highest BCUT2D eigenvalue weighted by Crippen LogP contribution is 2.39. The Kier molecular flexibility index (Phi) is 2.40. The number of ether oxygens (including phenoxy) is 1. The van der Waals surface area contributed by atoms with E-state index in [1.54, 1.807) is 6.07 Å². The summed E-state index contributed by atoms with van der Waals surface area (Å²) in [4.78, 5) is 0. The fourth-order valence-electron chi connectivity index (χ4n) is 1.46. The summed E-state index contributed by atoms with van der Waals surface area (Å²) in [5, 5.41) is 3.66. The maximum absolute atomic E-state index is 12.5. The van der Waals surface area contributed by atoms with E-state index in [1.807, 2.05) is 13.8 Å². The van der Waals surface area contributed by atoms with Crippen LogP contribution < -0.4 is 4.74 Å². The van der Waals surface area contributed by atoms with Crippen LogP contribution in [-0.2, 0) is 0 Å². The molecule has 0 atom stereocenters. The van der Waals surface area contributed by atoms with Gasteiger partial charge in [0.1, 0.15) is 11.9 Å². The maximum atomic E-state index is 12.5. The van der Waals surface area contributed by atoms with Crippen molar-refractivity contribution in [2.75, 3.05) is 0 Å². The number of halogens is 2. The van der Waals surface area contributed by atoms with Crippen LogP contribution in [0.1, 0.15) is 38.4 Å². The smallest absolute Gasteiger partial charge is 0.255 e. The first-order chi connectivity index (χ1) is 6.96. The Morgan fingerprint density at radius 3 is 2.67 bits per heavy atom. The maximum Gasteiger partial charge on any atom is 0.255 e. The minimum absolute atomic E-state index is 0.220. The second-order valence-electron chi connectivity index (χ2n) is 4.23. The molecule has 0 saturated heterocycles. The third-order valence-electron chi connectivity index (χ3n) is 2.42. The van der Waals surface area contributed by atoms with E-state index in [9.17, 15) is 8.78 Å². The van der Waals surface area contributed by atoms with Crippen molar-refractivity contribution < 1.29 is 18.0 Å². The molecule has 0 aromatic carbocycles. The SMILES string of the molecule is CC(C)c1cc(OC2CC(F)(F)C2)no1. The van der Waals surface area contributed by atoms with Crippen molar-refractivity contribution >= 4 is 0 Å². The summed E-state index contributed by atoms with van der Waals surface area (Å²) in [6.07, 6.45) is -0.876. The molecule has 3 nitrogen and oxygen atoms in total. The van der Waals surface area contributed by atoms with E-state index in [2.05, 4.69) is 5.16 Å². The molecule has 0 bridgehead atoms. The molecule has 1 aliphatic rings. The topological polar surface area (TPSA) is 35.3 Å². The molecule has 0 amide bonds. The summed E-state index contributed by atoms with van der Waals surface area (Å²) in [6, 6.07) is 1.65. The molecule has 0 unspecified atom stereocenters. The van der Waals surface area contributed by atoms with E-state index in [1.165, 1.54) is 0 Å². The predicted molar refractivity (Wildman–Crippen MR) is 49.2 cm³/mol. The highest BCUT2D eigenvalue weighted by molar-refractivity contribution is 5.14. The lowest BCUT2D eigenvalue weighted by Gasteiger charge is -2.33. The molecule has 0 aliphatic heterocycles. The lowest BCUT2D eigenvalue weighted by Crippen LogP contribution is -2.43. The third-order valence-corrected chi connectivity index (χ3v) is 2.42. The summed E-state index contributed by atoms with van der Waals surface area (Å²) in [6.45, 7) is 3.92. The minimum Gasteiger partial charge on any atom is -0.472 e. The first-order valence-electron chi connectivity index (χ1n) is 4.97. The molecule has 1 aromatic rings. The third kappa shape index (κ3) is 2.27. The van der Waals surface area contributed by atoms with Gasteiger partial charge >= 0.3 is 0 Å². The molecule has 1 aliphatic carbocycles. The zero-order valence-corrected chi connectivity index (χ0v) is 8.67. The molecule has 84 valence electrons. The van der Waals surface area contributed by atoms with Crippen LogP contribution in [-0.4, -0.2) is 17.2 Å². The lowest BCUT2D eigenvalue weighted by molar-refractivity contribution is -0.135. The Balaban J connectivity index is 1.89. The summed E-state index contributed by atoms with van der Waals surface area (Å²) in [7, 11) is 0. The van der Waals surface area contributed by atoms with Gasteiger partial charge in [-0.15, -0.1) is 0 Å². The highest BCUT2D eigenvalue weighted by atomic mass is 19.3. The molecular weight excluding hydrogens is 204 g/mol. The Bertz CT molecular complexity index is 341. The van der Waals surface area contributed by atoms with Gasteiger partial charge in [-0.05, 0) is 5.16 Å². The van der Waals surface area contributed by atoms with Gasteiger partial charge in [0.2, 0.25) is 0 Å². The average Bonchev–Trinajstić information content (AvgIpc) is 2.49. The minimum atomic E-state index is -2.56. The number of nitrogens with zero attached hydrogens (tertiary/aromatic N) is 1. The first kappa shape index (κ1) is 10.4. The molecule has 2 rings (SSSR count). The van der Waals surface area contributed by atoms with Crippen LogP contribution in [0, 0.1) is 0 Å². The van der Waals surface area contributed by atoms with Crippen molar-refractivity contribution in [1.29, 1.82) is 0 Å². The first-order valence-corrected chi connectivity index (χ1v) is 4.97. The molecule has 1 saturated carbocycles. The fourth-order valence-corrected chi connectivity index (χ4v) is 1.46. The fraction of sp³-hybridized carbons (Fsp3) is 0.700. The summed E-state index contributed by atoms with van der Waals surface area (Å²) in [5.74, 6) is -1.33. The lowest BCUT2D eigenvalue weighted by atomic mass is 9.91. The quantitative estimate of drug-likeness (QED) is 0.780. The van der Waals surface area contributed by atoms with Gasteiger partial charge < -0.3 is 9.26 Å². The Morgan fingerprint density at radius 2 is 2.20 bits per heavy atom. The van der Waals surface area contributed by atoms with Crippen molar-refractivity contribution in [2.24, 2.45) is 0 Å². The van der Waals surface area contributed by atoms with Crippen LogP contribution in [0.15, 0.2) is 10.6 Å². The van der Waals surface area contributed by atoms with Gasteiger partial charge in [0.05, 0.1) is 0 Å². The summed E-state index contributed by atoms with van der Waals surface area (Å²) < 4.78 is 35.2. The largest absolute Gasteiger partial charge is 0.472 e. The zero-order chi connectivity index (χ0) is 11.1.